The van der Waals surface area contributed by atoms with Crippen LogP contribution in [0.25, 0.3) is 0 Å². The van der Waals surface area contributed by atoms with Gasteiger partial charge in [0.1, 0.15) is 5.75 Å². The van der Waals surface area contributed by atoms with Crippen LogP contribution in [0.15, 0.2) is 53.4 Å². The van der Waals surface area contributed by atoms with Crippen LogP contribution in [0.5, 0.6) is 5.75 Å². The Kier molecular flexibility index (Phi) is 6.11. The number of carbonyl (C=O) groups excluding carboxylic acids is 1. The number of amides is 1. The van der Waals surface area contributed by atoms with Gasteiger partial charge in [0.05, 0.1) is 10.5 Å². The van der Waals surface area contributed by atoms with Crippen molar-refractivity contribution in [2.45, 2.75) is 42.9 Å². The second kappa shape index (κ2) is 8.78. The molecule has 0 atom stereocenters. The van der Waals surface area contributed by atoms with Gasteiger partial charge < -0.3 is 10.0 Å². The zero-order valence-corrected chi connectivity index (χ0v) is 17.9. The van der Waals surface area contributed by atoms with E-state index in [2.05, 4.69) is 0 Å². The highest BCUT2D eigenvalue weighted by atomic mass is 32.2. The standard InChI is InChI=1S/C23H28N2O4S/c26-20-10-8-18(9-11-20)19-12-16-24(17-13-19)23(27)21-6-2-3-7-22(21)30(28,29)25-14-4-1-5-15-25/h2-3,6-11,19,26H,1,4-5,12-17H2. The molecule has 1 amide bonds. The van der Waals surface area contributed by atoms with Gasteiger partial charge in [-0.05, 0) is 61.4 Å². The molecule has 2 saturated heterocycles. The van der Waals surface area contributed by atoms with Crippen LogP contribution in [0.2, 0.25) is 0 Å². The first-order valence-electron chi connectivity index (χ1n) is 10.6. The van der Waals surface area contributed by atoms with Gasteiger partial charge in [-0.3, -0.25) is 4.79 Å². The predicted octanol–water partition coefficient (Wildman–Crippen LogP) is 3.59. The fraction of sp³-hybridized carbons (Fsp3) is 0.435. The number of benzene rings is 2. The number of aromatic hydroxyl groups is 1. The maximum Gasteiger partial charge on any atom is 0.255 e. The monoisotopic (exact) mass is 428 g/mol. The lowest BCUT2D eigenvalue weighted by molar-refractivity contribution is 0.0709. The molecule has 0 bridgehead atoms. The van der Waals surface area contributed by atoms with Gasteiger partial charge in [0, 0.05) is 26.2 Å². The highest BCUT2D eigenvalue weighted by molar-refractivity contribution is 7.89. The lowest BCUT2D eigenvalue weighted by Gasteiger charge is -2.33. The van der Waals surface area contributed by atoms with Crippen LogP contribution in [0.4, 0.5) is 0 Å². The maximum absolute atomic E-state index is 13.2. The van der Waals surface area contributed by atoms with Crippen LogP contribution in [0.3, 0.4) is 0 Å². The summed E-state index contributed by atoms with van der Waals surface area (Å²) < 4.78 is 27.9. The van der Waals surface area contributed by atoms with Gasteiger partial charge in [-0.1, -0.05) is 30.7 Å². The van der Waals surface area contributed by atoms with Gasteiger partial charge in [0.15, 0.2) is 0 Å². The van der Waals surface area contributed by atoms with Crippen molar-refractivity contribution in [2.24, 2.45) is 0 Å². The van der Waals surface area contributed by atoms with E-state index in [1.165, 1.54) is 4.31 Å². The number of piperidine rings is 2. The number of sulfonamides is 1. The summed E-state index contributed by atoms with van der Waals surface area (Å²) in [5.41, 5.74) is 1.43. The molecular formula is C23H28N2O4S. The lowest BCUT2D eigenvalue weighted by atomic mass is 9.89. The first-order valence-corrected chi connectivity index (χ1v) is 12.1. The van der Waals surface area contributed by atoms with Gasteiger partial charge in [-0.2, -0.15) is 4.31 Å². The number of rotatable bonds is 4. The lowest BCUT2D eigenvalue weighted by Crippen LogP contribution is -2.40. The average Bonchev–Trinajstić information content (AvgIpc) is 2.80. The van der Waals surface area contributed by atoms with E-state index >= 15 is 0 Å². The Morgan fingerprint density at radius 1 is 0.867 bits per heavy atom. The summed E-state index contributed by atoms with van der Waals surface area (Å²) in [6, 6.07) is 13.8. The SMILES string of the molecule is O=C(c1ccccc1S(=O)(=O)N1CCCCC1)N1CCC(c2ccc(O)cc2)CC1. The summed E-state index contributed by atoms with van der Waals surface area (Å²) in [4.78, 5) is 15.1. The van der Waals surface area contributed by atoms with E-state index in [1.807, 2.05) is 12.1 Å². The zero-order valence-electron chi connectivity index (χ0n) is 17.0. The van der Waals surface area contributed by atoms with Gasteiger partial charge in [0.2, 0.25) is 10.0 Å². The first-order chi connectivity index (χ1) is 14.5. The van der Waals surface area contributed by atoms with E-state index < -0.39 is 10.0 Å². The van der Waals surface area contributed by atoms with Crippen LogP contribution in [-0.4, -0.2) is 54.8 Å². The molecule has 2 heterocycles. The minimum Gasteiger partial charge on any atom is -0.508 e. The van der Waals surface area contributed by atoms with E-state index in [1.54, 1.807) is 41.3 Å². The highest BCUT2D eigenvalue weighted by Crippen LogP contribution is 2.31. The molecule has 2 aliphatic rings. The number of hydrogen-bond acceptors (Lipinski definition) is 4. The summed E-state index contributed by atoms with van der Waals surface area (Å²) in [5.74, 6) is 0.371. The van der Waals surface area contributed by atoms with Crippen LogP contribution in [-0.2, 0) is 10.0 Å². The predicted molar refractivity (Wildman–Crippen MR) is 115 cm³/mol. The van der Waals surface area contributed by atoms with Crippen LogP contribution >= 0.6 is 0 Å². The largest absolute Gasteiger partial charge is 0.508 e. The summed E-state index contributed by atoms with van der Waals surface area (Å²) in [6.45, 7) is 2.21. The van der Waals surface area contributed by atoms with Gasteiger partial charge in [-0.15, -0.1) is 0 Å². The molecule has 0 unspecified atom stereocenters. The maximum atomic E-state index is 13.2. The summed E-state index contributed by atoms with van der Waals surface area (Å²) in [6.07, 6.45) is 4.40. The first kappa shape index (κ1) is 20.9. The fourth-order valence-electron chi connectivity index (χ4n) is 4.45. The second-order valence-corrected chi connectivity index (χ2v) is 10.0. The minimum atomic E-state index is -3.67. The number of carbonyl (C=O) groups is 1. The van der Waals surface area contributed by atoms with Crippen molar-refractivity contribution >= 4 is 15.9 Å². The van der Waals surface area contributed by atoms with Gasteiger partial charge in [-0.25, -0.2) is 8.42 Å². The number of hydrogen-bond donors (Lipinski definition) is 1. The van der Waals surface area contributed by atoms with E-state index in [0.29, 0.717) is 32.1 Å². The molecule has 2 fully saturated rings. The van der Waals surface area contributed by atoms with Crippen molar-refractivity contribution in [3.05, 3.63) is 59.7 Å². The summed E-state index contributed by atoms with van der Waals surface area (Å²) >= 11 is 0. The van der Waals surface area contributed by atoms with Crippen LogP contribution in [0, 0.1) is 0 Å². The van der Waals surface area contributed by atoms with E-state index in [-0.39, 0.29) is 22.1 Å². The van der Waals surface area contributed by atoms with E-state index in [0.717, 1.165) is 37.7 Å². The van der Waals surface area contributed by atoms with Crippen molar-refractivity contribution < 1.29 is 18.3 Å². The molecule has 4 rings (SSSR count). The molecule has 2 aromatic rings. The topological polar surface area (TPSA) is 77.9 Å². The molecule has 2 aromatic carbocycles. The number of phenolic OH excluding ortho intramolecular Hbond substituents is 1. The van der Waals surface area contributed by atoms with Crippen LogP contribution < -0.4 is 0 Å². The van der Waals surface area contributed by atoms with Gasteiger partial charge in [0.25, 0.3) is 5.91 Å². The molecule has 0 aromatic heterocycles. The molecule has 1 N–H and O–H groups in total. The third kappa shape index (κ3) is 4.23. The zero-order chi connectivity index (χ0) is 21.1. The molecule has 0 aliphatic carbocycles. The van der Waals surface area contributed by atoms with Gasteiger partial charge >= 0.3 is 0 Å². The molecule has 0 spiro atoms. The molecular weight excluding hydrogens is 400 g/mol. The molecule has 7 heteroatoms. The van der Waals surface area contributed by atoms with Crippen LogP contribution in [0.1, 0.15) is 53.9 Å². The molecule has 0 radical (unpaired) electrons. The molecule has 6 nitrogen and oxygen atoms in total. The third-order valence-electron chi connectivity index (χ3n) is 6.20. The normalized spacial score (nSPS) is 19.0. The Balaban J connectivity index is 1.50. The van der Waals surface area contributed by atoms with E-state index in [4.69, 9.17) is 0 Å². The Morgan fingerprint density at radius 2 is 1.50 bits per heavy atom. The van der Waals surface area contributed by atoms with Crippen molar-refractivity contribution in [2.75, 3.05) is 26.2 Å². The van der Waals surface area contributed by atoms with Crippen molar-refractivity contribution in [1.82, 2.24) is 9.21 Å². The fourth-order valence-corrected chi connectivity index (χ4v) is 6.15. The third-order valence-corrected chi connectivity index (χ3v) is 8.15. The van der Waals surface area contributed by atoms with E-state index in [9.17, 15) is 18.3 Å². The Morgan fingerprint density at radius 3 is 2.17 bits per heavy atom. The number of nitrogens with zero attached hydrogens (tertiary/aromatic N) is 2. The highest BCUT2D eigenvalue weighted by Gasteiger charge is 2.32. The Bertz CT molecular complexity index is 990. The average molecular weight is 429 g/mol. The summed E-state index contributed by atoms with van der Waals surface area (Å²) in [5, 5.41) is 9.48. The Hall–Kier alpha value is -2.38. The minimum absolute atomic E-state index is 0.123. The Labute approximate surface area is 178 Å². The summed E-state index contributed by atoms with van der Waals surface area (Å²) in [7, 11) is -3.67. The second-order valence-electron chi connectivity index (χ2n) is 8.12. The smallest absolute Gasteiger partial charge is 0.255 e. The van der Waals surface area contributed by atoms with Crippen molar-refractivity contribution in [3.8, 4) is 5.75 Å². The molecule has 160 valence electrons. The van der Waals surface area contributed by atoms with Crippen molar-refractivity contribution in [3.63, 3.8) is 0 Å². The molecule has 30 heavy (non-hydrogen) atoms. The molecule has 2 aliphatic heterocycles. The number of likely N-dealkylation sites (tertiary alicyclic amines) is 1. The quantitative estimate of drug-likeness (QED) is 0.807. The van der Waals surface area contributed by atoms with Crippen molar-refractivity contribution in [1.29, 1.82) is 0 Å². The molecule has 0 saturated carbocycles. The number of phenols is 1.